The SMILES string of the molecule is CNc1ncnc(SCCS(C)(=O)=O)c1OC. The lowest BCUT2D eigenvalue weighted by atomic mass is 10.5. The van der Waals surface area contributed by atoms with E-state index in [1.54, 1.807) is 7.05 Å². The Labute approximate surface area is 105 Å². The average Bonchev–Trinajstić information content (AvgIpc) is 2.27. The van der Waals surface area contributed by atoms with Crippen molar-refractivity contribution in [3.63, 3.8) is 0 Å². The maximum atomic E-state index is 11.0. The van der Waals surface area contributed by atoms with E-state index in [0.717, 1.165) is 0 Å². The maximum Gasteiger partial charge on any atom is 0.193 e. The number of nitrogens with zero attached hydrogens (tertiary/aromatic N) is 2. The number of hydrogen-bond donors (Lipinski definition) is 1. The molecule has 6 nitrogen and oxygen atoms in total. The van der Waals surface area contributed by atoms with Crippen molar-refractivity contribution >= 4 is 27.4 Å². The summed E-state index contributed by atoms with van der Waals surface area (Å²) in [5.41, 5.74) is 0. The molecule has 0 fully saturated rings. The quantitative estimate of drug-likeness (QED) is 0.604. The molecule has 1 aromatic heterocycles. The molecule has 1 rings (SSSR count). The van der Waals surface area contributed by atoms with Gasteiger partial charge >= 0.3 is 0 Å². The number of hydrogen-bond acceptors (Lipinski definition) is 7. The standard InChI is InChI=1S/C9H15N3O3S2/c1-10-8-7(15-2)9(12-6-11-8)16-4-5-17(3,13)14/h6H,4-5H2,1-3H3,(H,10,11,12). The van der Waals surface area contributed by atoms with Crippen LogP contribution in [0, 0.1) is 0 Å². The van der Waals surface area contributed by atoms with Gasteiger partial charge in [-0.3, -0.25) is 0 Å². The zero-order chi connectivity index (χ0) is 12.9. The first-order valence-electron chi connectivity index (χ1n) is 4.85. The van der Waals surface area contributed by atoms with Crippen LogP contribution in [0.15, 0.2) is 11.4 Å². The van der Waals surface area contributed by atoms with E-state index in [9.17, 15) is 8.42 Å². The van der Waals surface area contributed by atoms with E-state index in [2.05, 4.69) is 15.3 Å². The normalized spacial score (nSPS) is 11.2. The number of sulfone groups is 1. The topological polar surface area (TPSA) is 81.2 Å². The molecule has 0 atom stereocenters. The first-order valence-corrected chi connectivity index (χ1v) is 7.90. The van der Waals surface area contributed by atoms with Crippen LogP contribution in [-0.4, -0.2) is 50.3 Å². The van der Waals surface area contributed by atoms with Crippen LogP contribution in [0.4, 0.5) is 5.82 Å². The second kappa shape index (κ2) is 6.06. The van der Waals surface area contributed by atoms with Gasteiger partial charge in [-0.25, -0.2) is 18.4 Å². The van der Waals surface area contributed by atoms with E-state index in [4.69, 9.17) is 4.74 Å². The molecule has 0 amide bonds. The summed E-state index contributed by atoms with van der Waals surface area (Å²) < 4.78 is 27.2. The molecule has 0 bridgehead atoms. The molecule has 0 spiro atoms. The molecule has 1 N–H and O–H groups in total. The number of ether oxygens (including phenoxy) is 1. The van der Waals surface area contributed by atoms with E-state index in [1.165, 1.54) is 31.5 Å². The first-order chi connectivity index (χ1) is 7.98. The summed E-state index contributed by atoms with van der Waals surface area (Å²) in [4.78, 5) is 8.08. The smallest absolute Gasteiger partial charge is 0.193 e. The molecule has 0 aliphatic carbocycles. The summed E-state index contributed by atoms with van der Waals surface area (Å²) >= 11 is 1.33. The Bertz CT molecular complexity index is 476. The molecular weight excluding hydrogens is 262 g/mol. The van der Waals surface area contributed by atoms with Crippen molar-refractivity contribution in [2.75, 3.05) is 37.2 Å². The van der Waals surface area contributed by atoms with Crippen molar-refractivity contribution < 1.29 is 13.2 Å². The van der Waals surface area contributed by atoms with Gasteiger partial charge in [-0.2, -0.15) is 0 Å². The summed E-state index contributed by atoms with van der Waals surface area (Å²) in [5.74, 6) is 1.67. The highest BCUT2D eigenvalue weighted by Gasteiger charge is 2.12. The number of nitrogens with one attached hydrogen (secondary N) is 1. The highest BCUT2D eigenvalue weighted by molar-refractivity contribution is 8.00. The van der Waals surface area contributed by atoms with E-state index in [-0.39, 0.29) is 5.75 Å². The molecule has 0 aromatic carbocycles. The summed E-state index contributed by atoms with van der Waals surface area (Å²) in [5, 5.41) is 3.52. The number of anilines is 1. The Morgan fingerprint density at radius 3 is 2.71 bits per heavy atom. The van der Waals surface area contributed by atoms with Crippen molar-refractivity contribution in [2.45, 2.75) is 5.03 Å². The van der Waals surface area contributed by atoms with Crippen molar-refractivity contribution in [2.24, 2.45) is 0 Å². The van der Waals surface area contributed by atoms with Gasteiger partial charge in [-0.05, 0) is 0 Å². The highest BCUT2D eigenvalue weighted by atomic mass is 32.2. The number of thioether (sulfide) groups is 1. The number of methoxy groups -OCH3 is 1. The molecule has 0 aliphatic rings. The van der Waals surface area contributed by atoms with E-state index in [0.29, 0.717) is 22.3 Å². The van der Waals surface area contributed by atoms with Gasteiger partial charge in [-0.1, -0.05) is 0 Å². The van der Waals surface area contributed by atoms with Gasteiger partial charge in [-0.15, -0.1) is 11.8 Å². The number of aromatic nitrogens is 2. The van der Waals surface area contributed by atoms with Crippen LogP contribution in [0.2, 0.25) is 0 Å². The lowest BCUT2D eigenvalue weighted by molar-refractivity contribution is 0.400. The predicted octanol–water partition coefficient (Wildman–Crippen LogP) is 0.664. The Balaban J connectivity index is 2.77. The fourth-order valence-corrected chi connectivity index (χ4v) is 3.28. The summed E-state index contributed by atoms with van der Waals surface area (Å²) in [6.45, 7) is 0. The molecule has 1 heterocycles. The van der Waals surface area contributed by atoms with Crippen LogP contribution in [0.3, 0.4) is 0 Å². The van der Waals surface area contributed by atoms with E-state index in [1.807, 2.05) is 0 Å². The average molecular weight is 277 g/mol. The molecule has 0 unspecified atom stereocenters. The van der Waals surface area contributed by atoms with Crippen LogP contribution in [0.1, 0.15) is 0 Å². The molecule has 0 saturated heterocycles. The van der Waals surface area contributed by atoms with E-state index >= 15 is 0 Å². The highest BCUT2D eigenvalue weighted by Crippen LogP contribution is 2.31. The maximum absolute atomic E-state index is 11.0. The molecule has 17 heavy (non-hydrogen) atoms. The van der Waals surface area contributed by atoms with Crippen LogP contribution in [0.5, 0.6) is 5.75 Å². The third-order valence-electron chi connectivity index (χ3n) is 1.90. The lowest BCUT2D eigenvalue weighted by Gasteiger charge is -2.10. The Morgan fingerprint density at radius 2 is 2.18 bits per heavy atom. The van der Waals surface area contributed by atoms with Crippen molar-refractivity contribution in [1.82, 2.24) is 9.97 Å². The van der Waals surface area contributed by atoms with Crippen LogP contribution < -0.4 is 10.1 Å². The fourth-order valence-electron chi connectivity index (χ4n) is 1.11. The zero-order valence-electron chi connectivity index (χ0n) is 9.93. The van der Waals surface area contributed by atoms with Crippen molar-refractivity contribution in [1.29, 1.82) is 0 Å². The summed E-state index contributed by atoms with van der Waals surface area (Å²) in [6.07, 6.45) is 2.63. The Kier molecular flexibility index (Phi) is 5.01. The largest absolute Gasteiger partial charge is 0.490 e. The van der Waals surface area contributed by atoms with Crippen molar-refractivity contribution in [3.8, 4) is 5.75 Å². The Morgan fingerprint density at radius 1 is 1.47 bits per heavy atom. The molecule has 0 radical (unpaired) electrons. The van der Waals surface area contributed by atoms with E-state index < -0.39 is 9.84 Å². The second-order valence-corrected chi connectivity index (χ2v) is 6.63. The minimum atomic E-state index is -2.95. The van der Waals surface area contributed by atoms with Gasteiger partial charge in [0, 0.05) is 19.1 Å². The third-order valence-corrected chi connectivity index (χ3v) is 4.08. The van der Waals surface area contributed by atoms with Gasteiger partial charge in [0.05, 0.1) is 12.9 Å². The minimum Gasteiger partial charge on any atom is -0.490 e. The van der Waals surface area contributed by atoms with Gasteiger partial charge in [0.15, 0.2) is 11.6 Å². The molecule has 8 heteroatoms. The van der Waals surface area contributed by atoms with Gasteiger partial charge in [0.1, 0.15) is 21.2 Å². The van der Waals surface area contributed by atoms with Gasteiger partial charge < -0.3 is 10.1 Å². The molecule has 0 saturated carbocycles. The summed E-state index contributed by atoms with van der Waals surface area (Å²) in [6, 6.07) is 0. The number of rotatable bonds is 6. The minimum absolute atomic E-state index is 0.111. The van der Waals surface area contributed by atoms with Crippen LogP contribution >= 0.6 is 11.8 Å². The van der Waals surface area contributed by atoms with Crippen LogP contribution in [-0.2, 0) is 9.84 Å². The monoisotopic (exact) mass is 277 g/mol. The van der Waals surface area contributed by atoms with Gasteiger partial charge in [0.2, 0.25) is 0 Å². The fraction of sp³-hybridized carbons (Fsp3) is 0.556. The zero-order valence-corrected chi connectivity index (χ0v) is 11.6. The second-order valence-electron chi connectivity index (χ2n) is 3.29. The lowest BCUT2D eigenvalue weighted by Crippen LogP contribution is -2.06. The first kappa shape index (κ1) is 14.0. The van der Waals surface area contributed by atoms with Gasteiger partial charge in [0.25, 0.3) is 0 Å². The molecule has 1 aromatic rings. The molecule has 0 aliphatic heterocycles. The predicted molar refractivity (Wildman–Crippen MR) is 68.6 cm³/mol. The summed E-state index contributed by atoms with van der Waals surface area (Å²) in [7, 11) is 0.310. The van der Waals surface area contributed by atoms with Crippen LogP contribution in [0.25, 0.3) is 0 Å². The molecular formula is C9H15N3O3S2. The third kappa shape index (κ3) is 4.39. The van der Waals surface area contributed by atoms with Crippen molar-refractivity contribution in [3.05, 3.63) is 6.33 Å². The Hall–Kier alpha value is -1.02. The molecule has 96 valence electrons.